The molecule has 0 saturated heterocycles. The number of aldehydes is 1. The molecule has 1 aromatic rings. The molecule has 0 spiro atoms. The Morgan fingerprint density at radius 1 is 1.57 bits per heavy atom. The van der Waals surface area contributed by atoms with E-state index >= 15 is 0 Å². The number of pyridine rings is 1. The lowest BCUT2D eigenvalue weighted by Crippen LogP contribution is -1.91. The minimum atomic E-state index is -0.436. The standard InChI is InChI=1S/C9H8FN3O/c10-8-1-2-9(13-5-8)12-4-7(3-11)6-14/h1-6H,11H2. The Morgan fingerprint density at radius 2 is 2.36 bits per heavy atom. The first-order chi connectivity index (χ1) is 6.76. The van der Waals surface area contributed by atoms with Crippen LogP contribution in [0.1, 0.15) is 0 Å². The zero-order chi connectivity index (χ0) is 10.4. The Kier molecular flexibility index (Phi) is 3.49. The molecule has 0 atom stereocenters. The van der Waals surface area contributed by atoms with Crippen molar-refractivity contribution in [3.8, 4) is 0 Å². The van der Waals surface area contributed by atoms with Gasteiger partial charge in [-0.15, -0.1) is 0 Å². The normalized spacial score (nSPS) is 11.9. The molecule has 5 heteroatoms. The van der Waals surface area contributed by atoms with Crippen molar-refractivity contribution in [2.75, 3.05) is 0 Å². The minimum Gasteiger partial charge on any atom is -0.404 e. The second kappa shape index (κ2) is 4.86. The Morgan fingerprint density at radius 3 is 2.86 bits per heavy atom. The Labute approximate surface area is 80.0 Å². The molecule has 0 unspecified atom stereocenters. The second-order valence-corrected chi connectivity index (χ2v) is 2.38. The molecule has 0 fully saturated rings. The first-order valence-corrected chi connectivity index (χ1v) is 3.79. The van der Waals surface area contributed by atoms with E-state index in [0.29, 0.717) is 12.1 Å². The summed E-state index contributed by atoms with van der Waals surface area (Å²) in [6.45, 7) is 0. The Hall–Kier alpha value is -2.04. The highest BCUT2D eigenvalue weighted by Gasteiger charge is 1.92. The van der Waals surface area contributed by atoms with Gasteiger partial charge in [0, 0.05) is 18.0 Å². The van der Waals surface area contributed by atoms with Crippen molar-refractivity contribution in [3.05, 3.63) is 35.9 Å². The SMILES string of the molecule is NC=C(C=O)C=Nc1ccc(F)cn1. The van der Waals surface area contributed by atoms with Gasteiger partial charge in [-0.1, -0.05) is 0 Å². The summed E-state index contributed by atoms with van der Waals surface area (Å²) in [5.41, 5.74) is 5.34. The third-order valence-electron chi connectivity index (χ3n) is 1.39. The predicted molar refractivity (Wildman–Crippen MR) is 50.7 cm³/mol. The highest BCUT2D eigenvalue weighted by molar-refractivity contribution is 6.02. The highest BCUT2D eigenvalue weighted by atomic mass is 19.1. The molecule has 0 saturated carbocycles. The van der Waals surface area contributed by atoms with Crippen molar-refractivity contribution in [1.29, 1.82) is 0 Å². The number of carbonyl (C=O) groups is 1. The van der Waals surface area contributed by atoms with Crippen molar-refractivity contribution in [1.82, 2.24) is 4.98 Å². The van der Waals surface area contributed by atoms with Gasteiger partial charge in [0.15, 0.2) is 12.1 Å². The van der Waals surface area contributed by atoms with Gasteiger partial charge in [0.05, 0.1) is 6.20 Å². The summed E-state index contributed by atoms with van der Waals surface area (Å²) >= 11 is 0. The summed E-state index contributed by atoms with van der Waals surface area (Å²) in [6.07, 6.45) is 3.99. The smallest absolute Gasteiger partial charge is 0.153 e. The van der Waals surface area contributed by atoms with E-state index in [1.54, 1.807) is 0 Å². The lowest BCUT2D eigenvalue weighted by molar-refractivity contribution is -0.104. The van der Waals surface area contributed by atoms with Crippen LogP contribution in [0.2, 0.25) is 0 Å². The minimum absolute atomic E-state index is 0.233. The van der Waals surface area contributed by atoms with Crippen LogP contribution in [0, 0.1) is 5.82 Å². The van der Waals surface area contributed by atoms with Gasteiger partial charge in [-0.05, 0) is 12.1 Å². The quantitative estimate of drug-likeness (QED) is 0.441. The molecule has 1 rings (SSSR count). The predicted octanol–water partition coefficient (Wildman–Crippen LogP) is 0.965. The number of carbonyl (C=O) groups excluding carboxylic acids is 1. The molecule has 1 heterocycles. The van der Waals surface area contributed by atoms with Crippen molar-refractivity contribution in [3.63, 3.8) is 0 Å². The van der Waals surface area contributed by atoms with Gasteiger partial charge in [0.25, 0.3) is 0 Å². The van der Waals surface area contributed by atoms with Gasteiger partial charge < -0.3 is 5.73 Å². The van der Waals surface area contributed by atoms with Crippen molar-refractivity contribution in [2.24, 2.45) is 10.7 Å². The highest BCUT2D eigenvalue weighted by Crippen LogP contribution is 2.06. The van der Waals surface area contributed by atoms with E-state index in [-0.39, 0.29) is 5.57 Å². The average Bonchev–Trinajstić information content (AvgIpc) is 2.22. The summed E-state index contributed by atoms with van der Waals surface area (Å²) in [4.78, 5) is 17.8. The maximum atomic E-state index is 12.4. The number of aliphatic imine (C=N–C) groups is 1. The number of hydrogen-bond acceptors (Lipinski definition) is 4. The number of allylic oxidation sites excluding steroid dienone is 1. The average molecular weight is 193 g/mol. The molecular weight excluding hydrogens is 185 g/mol. The lowest BCUT2D eigenvalue weighted by atomic mass is 10.3. The van der Waals surface area contributed by atoms with E-state index < -0.39 is 5.82 Å². The molecule has 0 aliphatic heterocycles. The van der Waals surface area contributed by atoms with Crippen LogP contribution in [-0.2, 0) is 4.79 Å². The molecule has 72 valence electrons. The van der Waals surface area contributed by atoms with Gasteiger partial charge in [-0.2, -0.15) is 0 Å². The molecule has 1 aromatic heterocycles. The van der Waals surface area contributed by atoms with E-state index in [9.17, 15) is 9.18 Å². The van der Waals surface area contributed by atoms with Crippen LogP contribution < -0.4 is 5.73 Å². The first-order valence-electron chi connectivity index (χ1n) is 3.79. The zero-order valence-corrected chi connectivity index (χ0v) is 7.22. The molecule has 0 amide bonds. The van der Waals surface area contributed by atoms with Gasteiger partial charge in [-0.25, -0.2) is 14.4 Å². The van der Waals surface area contributed by atoms with Gasteiger partial charge in [0.2, 0.25) is 0 Å². The molecule has 0 aliphatic rings. The van der Waals surface area contributed by atoms with Crippen LogP contribution in [-0.4, -0.2) is 17.5 Å². The summed E-state index contributed by atoms with van der Waals surface area (Å²) < 4.78 is 12.4. The van der Waals surface area contributed by atoms with E-state index in [1.165, 1.54) is 18.3 Å². The molecular formula is C9H8FN3O. The Balaban J connectivity index is 2.78. The zero-order valence-electron chi connectivity index (χ0n) is 7.22. The summed E-state index contributed by atoms with van der Waals surface area (Å²) in [7, 11) is 0. The molecule has 0 aliphatic carbocycles. The van der Waals surface area contributed by atoms with E-state index in [2.05, 4.69) is 9.98 Å². The maximum absolute atomic E-state index is 12.4. The molecule has 14 heavy (non-hydrogen) atoms. The van der Waals surface area contributed by atoms with Crippen LogP contribution >= 0.6 is 0 Å². The number of rotatable bonds is 3. The molecule has 2 N–H and O–H groups in total. The van der Waals surface area contributed by atoms with E-state index in [1.807, 2.05) is 0 Å². The van der Waals surface area contributed by atoms with Crippen LogP contribution in [0.5, 0.6) is 0 Å². The molecule has 4 nitrogen and oxygen atoms in total. The van der Waals surface area contributed by atoms with Crippen molar-refractivity contribution in [2.45, 2.75) is 0 Å². The topological polar surface area (TPSA) is 68.3 Å². The van der Waals surface area contributed by atoms with E-state index in [0.717, 1.165) is 12.4 Å². The van der Waals surface area contributed by atoms with Crippen LogP contribution in [0.25, 0.3) is 0 Å². The number of halogens is 1. The third kappa shape index (κ3) is 2.78. The first kappa shape index (κ1) is 10.0. The second-order valence-electron chi connectivity index (χ2n) is 2.38. The number of nitrogens with two attached hydrogens (primary N) is 1. The van der Waals surface area contributed by atoms with E-state index in [4.69, 9.17) is 5.73 Å². The fraction of sp³-hybridized carbons (Fsp3) is 0. The summed E-state index contributed by atoms with van der Waals surface area (Å²) in [6, 6.07) is 2.62. The van der Waals surface area contributed by atoms with Gasteiger partial charge in [0.1, 0.15) is 5.82 Å². The summed E-state index contributed by atoms with van der Waals surface area (Å²) in [5, 5.41) is 0. The monoisotopic (exact) mass is 193 g/mol. The number of hydrogen-bond donors (Lipinski definition) is 1. The molecule has 0 aromatic carbocycles. The fourth-order valence-electron chi connectivity index (χ4n) is 0.698. The maximum Gasteiger partial charge on any atom is 0.153 e. The van der Waals surface area contributed by atoms with Crippen LogP contribution in [0.4, 0.5) is 10.2 Å². The molecule has 0 radical (unpaired) electrons. The number of aromatic nitrogens is 1. The summed E-state index contributed by atoms with van der Waals surface area (Å²) in [5.74, 6) is -0.124. The molecule has 0 bridgehead atoms. The van der Waals surface area contributed by atoms with Gasteiger partial charge in [-0.3, -0.25) is 4.79 Å². The van der Waals surface area contributed by atoms with Crippen molar-refractivity contribution >= 4 is 18.3 Å². The number of nitrogens with zero attached hydrogens (tertiary/aromatic N) is 2. The van der Waals surface area contributed by atoms with Crippen LogP contribution in [0.3, 0.4) is 0 Å². The lowest BCUT2D eigenvalue weighted by Gasteiger charge is -1.91. The van der Waals surface area contributed by atoms with Crippen molar-refractivity contribution < 1.29 is 9.18 Å². The van der Waals surface area contributed by atoms with Gasteiger partial charge >= 0.3 is 0 Å². The Bertz CT molecular complexity index is 370. The third-order valence-corrected chi connectivity index (χ3v) is 1.39. The largest absolute Gasteiger partial charge is 0.404 e. The van der Waals surface area contributed by atoms with Crippen LogP contribution in [0.15, 0.2) is 35.1 Å². The fourth-order valence-corrected chi connectivity index (χ4v) is 0.698.